The van der Waals surface area contributed by atoms with Crippen LogP contribution in [0.3, 0.4) is 0 Å². The Morgan fingerprint density at radius 1 is 1.23 bits per heavy atom. The Morgan fingerprint density at radius 3 is 2.15 bits per heavy atom. The van der Waals surface area contributed by atoms with E-state index in [1.165, 1.54) is 19.3 Å². The van der Waals surface area contributed by atoms with E-state index in [2.05, 4.69) is 13.8 Å². The van der Waals surface area contributed by atoms with Gasteiger partial charge in [-0.15, -0.1) is 23.2 Å². The van der Waals surface area contributed by atoms with Crippen molar-refractivity contribution in [2.45, 2.75) is 43.9 Å². The van der Waals surface area contributed by atoms with E-state index in [1.807, 2.05) is 0 Å². The molecule has 4 aliphatic rings. The fourth-order valence-electron chi connectivity index (χ4n) is 4.05. The summed E-state index contributed by atoms with van der Waals surface area (Å²) >= 11 is 12.6. The van der Waals surface area contributed by atoms with Gasteiger partial charge in [0.25, 0.3) is 0 Å². The van der Waals surface area contributed by atoms with E-state index < -0.39 is 0 Å². The molecule has 2 bridgehead atoms. The van der Waals surface area contributed by atoms with Crippen molar-refractivity contribution in [2.24, 2.45) is 22.7 Å². The molecule has 2 unspecified atom stereocenters. The molecule has 4 saturated carbocycles. The molecule has 1 spiro atoms. The van der Waals surface area contributed by atoms with Gasteiger partial charge >= 0.3 is 0 Å². The average molecular weight is 219 g/mol. The largest absolute Gasteiger partial charge is 0.124 e. The molecule has 0 amide bonds. The quantitative estimate of drug-likeness (QED) is 0.540. The van der Waals surface area contributed by atoms with Crippen molar-refractivity contribution in [3.63, 3.8) is 0 Å². The van der Waals surface area contributed by atoms with Crippen molar-refractivity contribution < 1.29 is 0 Å². The number of fused-ring (bicyclic) bond motifs is 1. The molecule has 0 nitrogen and oxygen atoms in total. The van der Waals surface area contributed by atoms with Crippen molar-refractivity contribution in [3.05, 3.63) is 0 Å². The van der Waals surface area contributed by atoms with Gasteiger partial charge in [0.15, 0.2) is 0 Å². The van der Waals surface area contributed by atoms with E-state index in [0.29, 0.717) is 10.8 Å². The minimum Gasteiger partial charge on any atom is -0.101 e. The first kappa shape index (κ1) is 8.85. The first-order valence-corrected chi connectivity index (χ1v) is 6.04. The number of hydrogen-bond acceptors (Lipinski definition) is 0. The van der Waals surface area contributed by atoms with Gasteiger partial charge in [-0.2, -0.15) is 0 Å². The number of rotatable bonds is 0. The highest BCUT2D eigenvalue weighted by Gasteiger charge is 2.76. The van der Waals surface area contributed by atoms with Gasteiger partial charge in [0.1, 0.15) is 4.33 Å². The Labute approximate surface area is 90.0 Å². The lowest BCUT2D eigenvalue weighted by Crippen LogP contribution is -2.54. The smallest absolute Gasteiger partial charge is 0.101 e. The van der Waals surface area contributed by atoms with Gasteiger partial charge in [-0.1, -0.05) is 13.8 Å². The summed E-state index contributed by atoms with van der Waals surface area (Å²) in [5.74, 6) is 1.75. The Kier molecular flexibility index (Phi) is 1.41. The Morgan fingerprint density at radius 2 is 1.85 bits per heavy atom. The first-order chi connectivity index (χ1) is 5.90. The average Bonchev–Trinajstić information content (AvgIpc) is 2.51. The van der Waals surface area contributed by atoms with Crippen LogP contribution < -0.4 is 0 Å². The van der Waals surface area contributed by atoms with Crippen molar-refractivity contribution in [1.29, 1.82) is 0 Å². The topological polar surface area (TPSA) is 0 Å². The second kappa shape index (κ2) is 2.07. The third-order valence-electron chi connectivity index (χ3n) is 5.22. The van der Waals surface area contributed by atoms with Gasteiger partial charge < -0.3 is 0 Å². The summed E-state index contributed by atoms with van der Waals surface area (Å²) in [5, 5.41) is 0. The third-order valence-corrected chi connectivity index (χ3v) is 6.24. The Bertz CT molecular complexity index is 267. The van der Waals surface area contributed by atoms with Crippen molar-refractivity contribution in [2.75, 3.05) is 0 Å². The van der Waals surface area contributed by atoms with E-state index >= 15 is 0 Å². The SMILES string of the molecule is CC1(C)C2CC[C@@]3(CC3(Cl)Cl)C1C2. The van der Waals surface area contributed by atoms with Crippen molar-refractivity contribution >= 4 is 23.2 Å². The van der Waals surface area contributed by atoms with E-state index in [4.69, 9.17) is 23.2 Å². The predicted octanol–water partition coefficient (Wildman–Crippen LogP) is 4.01. The predicted molar refractivity (Wildman–Crippen MR) is 56.1 cm³/mol. The molecule has 0 aliphatic heterocycles. The van der Waals surface area contributed by atoms with Crippen LogP contribution in [0.1, 0.15) is 39.5 Å². The fourth-order valence-corrected chi connectivity index (χ4v) is 4.98. The maximum absolute atomic E-state index is 6.29. The minimum atomic E-state index is -0.375. The summed E-state index contributed by atoms with van der Waals surface area (Å²) in [4.78, 5) is 0. The molecule has 0 saturated heterocycles. The fraction of sp³-hybridized carbons (Fsp3) is 1.00. The van der Waals surface area contributed by atoms with Crippen LogP contribution in [-0.4, -0.2) is 4.33 Å². The minimum absolute atomic E-state index is 0.314. The van der Waals surface area contributed by atoms with Gasteiger partial charge in [0.2, 0.25) is 0 Å². The molecule has 4 fully saturated rings. The van der Waals surface area contributed by atoms with Crippen LogP contribution in [-0.2, 0) is 0 Å². The molecule has 4 rings (SSSR count). The highest BCUT2D eigenvalue weighted by atomic mass is 35.5. The molecule has 74 valence electrons. The summed E-state index contributed by atoms with van der Waals surface area (Å²) in [7, 11) is 0. The van der Waals surface area contributed by atoms with Crippen LogP contribution in [0.15, 0.2) is 0 Å². The molecule has 13 heavy (non-hydrogen) atoms. The van der Waals surface area contributed by atoms with Crippen LogP contribution in [0.5, 0.6) is 0 Å². The van der Waals surface area contributed by atoms with E-state index in [0.717, 1.165) is 18.3 Å². The second-order valence-corrected chi connectivity index (χ2v) is 7.37. The zero-order valence-electron chi connectivity index (χ0n) is 8.24. The molecule has 0 radical (unpaired) electrons. The molecule has 2 heteroatoms. The monoisotopic (exact) mass is 218 g/mol. The van der Waals surface area contributed by atoms with Crippen LogP contribution in [0.2, 0.25) is 0 Å². The third kappa shape index (κ3) is 0.814. The highest BCUT2D eigenvalue weighted by Crippen LogP contribution is 2.81. The van der Waals surface area contributed by atoms with Crippen LogP contribution >= 0.6 is 23.2 Å². The lowest BCUT2D eigenvalue weighted by Gasteiger charge is -2.61. The molecular formula is C11H16Cl2. The van der Waals surface area contributed by atoms with Gasteiger partial charge in [0, 0.05) is 5.41 Å². The lowest BCUT2D eigenvalue weighted by molar-refractivity contribution is -0.117. The number of hydrogen-bond donors (Lipinski definition) is 0. The van der Waals surface area contributed by atoms with E-state index in [9.17, 15) is 0 Å². The van der Waals surface area contributed by atoms with Crippen LogP contribution in [0, 0.1) is 22.7 Å². The molecule has 0 aromatic heterocycles. The van der Waals surface area contributed by atoms with Gasteiger partial charge in [-0.25, -0.2) is 0 Å². The van der Waals surface area contributed by atoms with E-state index in [1.54, 1.807) is 0 Å². The first-order valence-electron chi connectivity index (χ1n) is 5.28. The molecule has 3 atom stereocenters. The molecule has 0 N–H and O–H groups in total. The molecule has 4 aliphatic carbocycles. The Balaban J connectivity index is 1.94. The summed E-state index contributed by atoms with van der Waals surface area (Å²) in [6.45, 7) is 4.80. The van der Waals surface area contributed by atoms with Crippen molar-refractivity contribution in [3.8, 4) is 0 Å². The van der Waals surface area contributed by atoms with Crippen LogP contribution in [0.25, 0.3) is 0 Å². The zero-order chi connectivity index (χ0) is 9.48. The second-order valence-electron chi connectivity index (χ2n) is 5.88. The molecule has 0 aromatic rings. The standard InChI is InChI=1S/C11H16Cl2/c1-9(2)7-3-4-10(8(9)5-7)6-11(10,12)13/h7-8H,3-6H2,1-2H3/t7?,8?,10-/m1/s1. The molecule has 0 heterocycles. The zero-order valence-corrected chi connectivity index (χ0v) is 9.75. The normalized spacial score (nSPS) is 54.5. The summed E-state index contributed by atoms with van der Waals surface area (Å²) in [6, 6.07) is 0. The molecule has 0 aromatic carbocycles. The highest BCUT2D eigenvalue weighted by molar-refractivity contribution is 6.51. The number of alkyl halides is 2. The van der Waals surface area contributed by atoms with Gasteiger partial charge in [-0.3, -0.25) is 0 Å². The summed E-state index contributed by atoms with van der Waals surface area (Å²) in [5.41, 5.74) is 0.831. The number of halogens is 2. The maximum atomic E-state index is 6.29. The Hall–Kier alpha value is 0.580. The van der Waals surface area contributed by atoms with Gasteiger partial charge in [-0.05, 0) is 42.9 Å². The van der Waals surface area contributed by atoms with E-state index in [-0.39, 0.29) is 4.33 Å². The maximum Gasteiger partial charge on any atom is 0.124 e. The summed E-state index contributed by atoms with van der Waals surface area (Å²) < 4.78 is -0.375. The lowest BCUT2D eigenvalue weighted by atomic mass is 9.44. The van der Waals surface area contributed by atoms with Crippen LogP contribution in [0.4, 0.5) is 0 Å². The van der Waals surface area contributed by atoms with Crippen molar-refractivity contribution in [1.82, 2.24) is 0 Å². The summed E-state index contributed by atoms with van der Waals surface area (Å²) in [6.07, 6.45) is 5.06. The van der Waals surface area contributed by atoms with Gasteiger partial charge in [0.05, 0.1) is 0 Å². The molecular weight excluding hydrogens is 203 g/mol.